The van der Waals surface area contributed by atoms with Gasteiger partial charge in [0.1, 0.15) is 10.7 Å². The molecule has 2 N–H and O–H groups in total. The maximum absolute atomic E-state index is 14.7. The Morgan fingerprint density at radius 3 is 2.49 bits per heavy atom. The lowest BCUT2D eigenvalue weighted by molar-refractivity contribution is 0.0956. The Bertz CT molecular complexity index is 1540. The predicted molar refractivity (Wildman–Crippen MR) is 131 cm³/mol. The minimum absolute atomic E-state index is 0.0247. The molecule has 7 nitrogen and oxygen atoms in total. The minimum atomic E-state index is -4.26. The summed E-state index contributed by atoms with van der Waals surface area (Å²) < 4.78 is 48.0. The molecule has 1 amide bonds. The van der Waals surface area contributed by atoms with Crippen molar-refractivity contribution in [2.45, 2.75) is 24.8 Å². The van der Waals surface area contributed by atoms with Crippen LogP contribution in [0.15, 0.2) is 65.6 Å². The monoisotopic (exact) mass is 493 g/mol. The highest BCUT2D eigenvalue weighted by Crippen LogP contribution is 2.38. The number of hydrogen-bond donors (Lipinski definition) is 2. The van der Waals surface area contributed by atoms with Gasteiger partial charge in [-0.25, -0.2) is 4.39 Å². The summed E-state index contributed by atoms with van der Waals surface area (Å²) in [6.07, 6.45) is 0.426. The minimum Gasteiger partial charge on any atom is -0.352 e. The Morgan fingerprint density at radius 1 is 1.09 bits per heavy atom. The fourth-order valence-electron chi connectivity index (χ4n) is 4.45. The molecule has 5 rings (SSSR count). The number of rotatable bonds is 6. The second-order valence-electron chi connectivity index (χ2n) is 8.54. The van der Waals surface area contributed by atoms with E-state index < -0.39 is 21.8 Å². The number of aromatic nitrogens is 1. The van der Waals surface area contributed by atoms with Gasteiger partial charge in [0.15, 0.2) is 0 Å². The lowest BCUT2D eigenvalue weighted by Gasteiger charge is -2.14. The van der Waals surface area contributed by atoms with Crippen molar-refractivity contribution in [1.29, 1.82) is 0 Å². The molecule has 35 heavy (non-hydrogen) atoms. The van der Waals surface area contributed by atoms with E-state index in [4.69, 9.17) is 4.28 Å². The molecule has 0 bridgehead atoms. The standard InChI is InChI=1S/C26H24FN3O4S/c1-16-3-9-20(10-4-16)35(32,33)34-30-23-14-19(27)13-22-24(23)21(11-12-29-26(22)31)25(30)18-7-5-17(6-8-18)15-28-2/h3-10,13-14,28H,11-12,15H2,1-2H3,(H,29,31). The molecule has 0 saturated carbocycles. The summed E-state index contributed by atoms with van der Waals surface area (Å²) in [7, 11) is -2.41. The second kappa shape index (κ2) is 8.83. The van der Waals surface area contributed by atoms with E-state index in [1.807, 2.05) is 38.2 Å². The van der Waals surface area contributed by atoms with Gasteiger partial charge in [-0.05, 0) is 49.7 Å². The molecule has 9 heteroatoms. The number of halogens is 1. The molecule has 0 fully saturated rings. The van der Waals surface area contributed by atoms with E-state index in [-0.39, 0.29) is 16.0 Å². The summed E-state index contributed by atoms with van der Waals surface area (Å²) >= 11 is 0. The molecular formula is C26H24FN3O4S. The van der Waals surface area contributed by atoms with Gasteiger partial charge >= 0.3 is 10.1 Å². The van der Waals surface area contributed by atoms with Crippen LogP contribution in [0.3, 0.4) is 0 Å². The number of benzene rings is 3. The van der Waals surface area contributed by atoms with Crippen LogP contribution < -0.4 is 14.9 Å². The summed E-state index contributed by atoms with van der Waals surface area (Å²) in [5.41, 5.74) is 4.15. The fraction of sp³-hybridized carbons (Fsp3) is 0.192. The zero-order chi connectivity index (χ0) is 24.7. The topological polar surface area (TPSA) is 89.4 Å². The molecule has 180 valence electrons. The number of carbonyl (C=O) groups excluding carboxylic acids is 1. The maximum Gasteiger partial charge on any atom is 0.357 e. The third kappa shape index (κ3) is 4.17. The van der Waals surface area contributed by atoms with E-state index in [0.717, 1.165) is 15.9 Å². The van der Waals surface area contributed by atoms with E-state index in [2.05, 4.69) is 10.6 Å². The van der Waals surface area contributed by atoms with E-state index in [0.29, 0.717) is 41.7 Å². The van der Waals surface area contributed by atoms with Crippen molar-refractivity contribution in [1.82, 2.24) is 15.4 Å². The van der Waals surface area contributed by atoms with Crippen molar-refractivity contribution in [3.05, 3.63) is 88.7 Å². The zero-order valence-electron chi connectivity index (χ0n) is 19.3. The molecule has 1 aromatic heterocycles. The normalized spacial score (nSPS) is 13.5. The van der Waals surface area contributed by atoms with E-state index >= 15 is 0 Å². The summed E-state index contributed by atoms with van der Waals surface area (Å²) in [4.78, 5) is 12.7. The average Bonchev–Trinajstić information content (AvgIpc) is 3.01. The first kappa shape index (κ1) is 23.1. The third-order valence-electron chi connectivity index (χ3n) is 6.09. The summed E-state index contributed by atoms with van der Waals surface area (Å²) in [6.45, 7) is 2.85. The predicted octanol–water partition coefficient (Wildman–Crippen LogP) is 3.58. The number of aryl methyl sites for hydroxylation is 1. The molecule has 0 radical (unpaired) electrons. The van der Waals surface area contributed by atoms with E-state index in [1.165, 1.54) is 24.3 Å². The van der Waals surface area contributed by atoms with Gasteiger partial charge in [0, 0.05) is 30.1 Å². The van der Waals surface area contributed by atoms with Gasteiger partial charge in [-0.1, -0.05) is 42.0 Å². The van der Waals surface area contributed by atoms with Crippen LogP contribution in [-0.4, -0.2) is 32.6 Å². The van der Waals surface area contributed by atoms with Crippen LogP contribution in [0, 0.1) is 12.7 Å². The van der Waals surface area contributed by atoms with Gasteiger partial charge in [-0.15, -0.1) is 0 Å². The van der Waals surface area contributed by atoms with Crippen LogP contribution >= 0.6 is 0 Å². The molecule has 0 unspecified atom stereocenters. The largest absolute Gasteiger partial charge is 0.357 e. The number of amides is 1. The van der Waals surface area contributed by atoms with Crippen molar-refractivity contribution in [3.8, 4) is 11.3 Å². The van der Waals surface area contributed by atoms with Crippen LogP contribution in [0.1, 0.15) is 27.0 Å². The van der Waals surface area contributed by atoms with Gasteiger partial charge in [-0.2, -0.15) is 13.1 Å². The van der Waals surface area contributed by atoms with E-state index in [1.54, 1.807) is 12.1 Å². The highest BCUT2D eigenvalue weighted by atomic mass is 32.2. The lowest BCUT2D eigenvalue weighted by atomic mass is 9.99. The van der Waals surface area contributed by atoms with E-state index in [9.17, 15) is 17.6 Å². The molecule has 1 aliphatic heterocycles. The first-order valence-electron chi connectivity index (χ1n) is 11.2. The zero-order valence-corrected chi connectivity index (χ0v) is 20.1. The molecule has 1 aliphatic rings. The molecule has 4 aromatic rings. The van der Waals surface area contributed by atoms with Crippen molar-refractivity contribution < 1.29 is 21.9 Å². The van der Waals surface area contributed by atoms with Crippen molar-refractivity contribution in [3.63, 3.8) is 0 Å². The molecule has 0 atom stereocenters. The number of nitrogens with one attached hydrogen (secondary N) is 2. The third-order valence-corrected chi connectivity index (χ3v) is 7.28. The van der Waals surface area contributed by atoms with Gasteiger partial charge in [0.2, 0.25) is 0 Å². The number of hydrogen-bond acceptors (Lipinski definition) is 5. The average molecular weight is 494 g/mol. The van der Waals surface area contributed by atoms with Crippen LogP contribution in [0.2, 0.25) is 0 Å². The SMILES string of the molecule is CNCc1ccc(-c2c3c4c(cc(F)cc4n2OS(=O)(=O)c2ccc(C)cc2)C(=O)NCC3)cc1. The van der Waals surface area contributed by atoms with Gasteiger partial charge in [0.25, 0.3) is 5.91 Å². The summed E-state index contributed by atoms with van der Waals surface area (Å²) in [5.74, 6) is -1.08. The maximum atomic E-state index is 14.7. The van der Waals surface area contributed by atoms with Crippen molar-refractivity contribution in [2.24, 2.45) is 0 Å². The van der Waals surface area contributed by atoms with Crippen LogP contribution in [0.5, 0.6) is 0 Å². The van der Waals surface area contributed by atoms with Gasteiger partial charge in [0.05, 0.1) is 16.8 Å². The Morgan fingerprint density at radius 2 is 1.80 bits per heavy atom. The molecule has 3 aromatic carbocycles. The quantitative estimate of drug-likeness (QED) is 0.429. The summed E-state index contributed by atoms with van der Waals surface area (Å²) in [6, 6.07) is 16.2. The van der Waals surface area contributed by atoms with Gasteiger partial charge < -0.3 is 10.6 Å². The highest BCUT2D eigenvalue weighted by Gasteiger charge is 2.30. The first-order chi connectivity index (χ1) is 16.8. The number of carbonyl (C=O) groups is 1. The fourth-order valence-corrected chi connectivity index (χ4v) is 5.36. The highest BCUT2D eigenvalue weighted by molar-refractivity contribution is 7.87. The Hall–Kier alpha value is -3.69. The molecule has 2 heterocycles. The van der Waals surface area contributed by atoms with Crippen LogP contribution in [-0.2, 0) is 23.1 Å². The summed E-state index contributed by atoms with van der Waals surface area (Å²) in [5, 5.41) is 6.36. The first-order valence-corrected chi connectivity index (χ1v) is 12.6. The molecule has 0 aliphatic carbocycles. The lowest BCUT2D eigenvalue weighted by Crippen LogP contribution is -2.25. The Kier molecular flexibility index (Phi) is 5.82. The Balaban J connectivity index is 1.77. The van der Waals surface area contributed by atoms with Crippen molar-refractivity contribution >= 4 is 26.9 Å². The number of nitrogens with zero attached hydrogens (tertiary/aromatic N) is 1. The molecule has 0 saturated heterocycles. The van der Waals surface area contributed by atoms with Crippen LogP contribution in [0.25, 0.3) is 22.2 Å². The second-order valence-corrected chi connectivity index (χ2v) is 10.1. The van der Waals surface area contributed by atoms with Crippen molar-refractivity contribution in [2.75, 3.05) is 13.6 Å². The molecule has 0 spiro atoms. The van der Waals surface area contributed by atoms with Crippen LogP contribution in [0.4, 0.5) is 4.39 Å². The smallest absolute Gasteiger partial charge is 0.352 e. The molecular weight excluding hydrogens is 469 g/mol. The van der Waals surface area contributed by atoms with Gasteiger partial charge in [-0.3, -0.25) is 9.08 Å². The Labute approximate surface area is 202 Å².